The highest BCUT2D eigenvalue weighted by molar-refractivity contribution is 6.31. The minimum atomic E-state index is 0.369. The number of nitrogens with zero attached hydrogens (tertiary/aromatic N) is 3. The summed E-state index contributed by atoms with van der Waals surface area (Å²) in [4.78, 5) is 13.1. The Hall–Kier alpha value is -2.20. The van der Waals surface area contributed by atoms with Gasteiger partial charge in [-0.3, -0.25) is 4.98 Å². The van der Waals surface area contributed by atoms with Gasteiger partial charge in [-0.1, -0.05) is 17.7 Å². The number of pyridine rings is 1. The van der Waals surface area contributed by atoms with E-state index in [1.54, 1.807) is 6.20 Å². The Kier molecular flexibility index (Phi) is 3.24. The molecule has 100 valence electrons. The topological polar surface area (TPSA) is 50.7 Å². The number of anilines is 2. The van der Waals surface area contributed by atoms with Crippen LogP contribution in [0.4, 0.5) is 11.5 Å². The lowest BCUT2D eigenvalue weighted by Gasteiger charge is -2.11. The number of hydrogen-bond acceptors (Lipinski definition) is 4. The van der Waals surface area contributed by atoms with Gasteiger partial charge in [-0.2, -0.15) is 0 Å². The summed E-state index contributed by atoms with van der Waals surface area (Å²) in [5.74, 6) is 0.561. The van der Waals surface area contributed by atoms with Crippen molar-refractivity contribution >= 4 is 34.0 Å². The van der Waals surface area contributed by atoms with E-state index in [0.29, 0.717) is 11.0 Å². The van der Waals surface area contributed by atoms with E-state index < -0.39 is 0 Å². The number of nitrogens with one attached hydrogen (secondary N) is 1. The molecule has 3 rings (SSSR count). The van der Waals surface area contributed by atoms with Crippen molar-refractivity contribution in [1.29, 1.82) is 0 Å². The Morgan fingerprint density at radius 1 is 1.00 bits per heavy atom. The molecule has 0 aliphatic carbocycles. The van der Waals surface area contributed by atoms with Gasteiger partial charge in [-0.25, -0.2) is 9.97 Å². The fraction of sp³-hybridized carbons (Fsp3) is 0.133. The SMILES string of the molecule is Cc1nc(Cl)c(Nc2cccc3ncccc23)nc1C. The summed E-state index contributed by atoms with van der Waals surface area (Å²) in [6, 6.07) is 9.79. The fourth-order valence-electron chi connectivity index (χ4n) is 2.00. The molecule has 0 radical (unpaired) electrons. The maximum atomic E-state index is 6.15. The molecule has 0 atom stereocenters. The van der Waals surface area contributed by atoms with E-state index in [2.05, 4.69) is 20.3 Å². The lowest BCUT2D eigenvalue weighted by molar-refractivity contribution is 1.05. The third-order valence-electron chi connectivity index (χ3n) is 3.16. The Morgan fingerprint density at radius 3 is 2.65 bits per heavy atom. The van der Waals surface area contributed by atoms with E-state index >= 15 is 0 Å². The van der Waals surface area contributed by atoms with Gasteiger partial charge in [0.25, 0.3) is 0 Å². The summed E-state index contributed by atoms with van der Waals surface area (Å²) in [5, 5.41) is 4.63. The molecule has 3 aromatic rings. The minimum absolute atomic E-state index is 0.369. The number of aromatic nitrogens is 3. The van der Waals surface area contributed by atoms with Gasteiger partial charge in [0, 0.05) is 17.3 Å². The Balaban J connectivity index is 2.08. The normalized spacial score (nSPS) is 10.8. The predicted octanol–water partition coefficient (Wildman–Crippen LogP) is 4.04. The monoisotopic (exact) mass is 284 g/mol. The van der Waals surface area contributed by atoms with Crippen molar-refractivity contribution in [1.82, 2.24) is 15.0 Å². The molecule has 1 N–H and O–H groups in total. The van der Waals surface area contributed by atoms with Gasteiger partial charge in [-0.05, 0) is 38.1 Å². The lowest BCUT2D eigenvalue weighted by Crippen LogP contribution is -2.01. The van der Waals surface area contributed by atoms with E-state index in [0.717, 1.165) is 28.0 Å². The maximum absolute atomic E-state index is 6.15. The average molecular weight is 285 g/mol. The summed E-state index contributed by atoms with van der Waals surface area (Å²) >= 11 is 6.15. The molecule has 5 heteroatoms. The van der Waals surface area contributed by atoms with Crippen molar-refractivity contribution in [3.8, 4) is 0 Å². The Labute approximate surface area is 121 Å². The second kappa shape index (κ2) is 5.06. The zero-order chi connectivity index (χ0) is 14.1. The zero-order valence-corrected chi connectivity index (χ0v) is 11.9. The number of halogens is 1. The molecule has 0 spiro atoms. The molecule has 0 amide bonds. The largest absolute Gasteiger partial charge is 0.337 e. The molecule has 4 nitrogen and oxygen atoms in total. The summed E-state index contributed by atoms with van der Waals surface area (Å²) in [7, 11) is 0. The van der Waals surface area contributed by atoms with Crippen LogP contribution in [0.2, 0.25) is 5.15 Å². The lowest BCUT2D eigenvalue weighted by atomic mass is 10.2. The van der Waals surface area contributed by atoms with Crippen molar-refractivity contribution in [2.45, 2.75) is 13.8 Å². The van der Waals surface area contributed by atoms with E-state index in [4.69, 9.17) is 11.6 Å². The van der Waals surface area contributed by atoms with Crippen molar-refractivity contribution in [2.24, 2.45) is 0 Å². The molecule has 1 aromatic carbocycles. The van der Waals surface area contributed by atoms with E-state index in [-0.39, 0.29) is 0 Å². The third kappa shape index (κ3) is 2.30. The van der Waals surface area contributed by atoms with Crippen LogP contribution in [0.25, 0.3) is 10.9 Å². The third-order valence-corrected chi connectivity index (χ3v) is 3.43. The van der Waals surface area contributed by atoms with Gasteiger partial charge < -0.3 is 5.32 Å². The molecule has 2 aromatic heterocycles. The predicted molar refractivity (Wildman–Crippen MR) is 81.5 cm³/mol. The smallest absolute Gasteiger partial charge is 0.172 e. The van der Waals surface area contributed by atoms with Crippen LogP contribution in [-0.2, 0) is 0 Å². The Morgan fingerprint density at radius 2 is 1.80 bits per heavy atom. The minimum Gasteiger partial charge on any atom is -0.337 e. The second-order valence-corrected chi connectivity index (χ2v) is 4.89. The highest BCUT2D eigenvalue weighted by atomic mass is 35.5. The molecule has 0 aliphatic heterocycles. The molecule has 20 heavy (non-hydrogen) atoms. The molecule has 0 saturated heterocycles. The van der Waals surface area contributed by atoms with Gasteiger partial charge in [0.1, 0.15) is 0 Å². The molecule has 0 bridgehead atoms. The number of aryl methyl sites for hydroxylation is 2. The summed E-state index contributed by atoms with van der Waals surface area (Å²) in [6.07, 6.45) is 1.77. The first-order valence-corrected chi connectivity index (χ1v) is 6.64. The van der Waals surface area contributed by atoms with Crippen molar-refractivity contribution in [3.63, 3.8) is 0 Å². The number of rotatable bonds is 2. The molecule has 0 saturated carbocycles. The van der Waals surface area contributed by atoms with Crippen LogP contribution in [0.15, 0.2) is 36.5 Å². The first-order valence-electron chi connectivity index (χ1n) is 6.26. The van der Waals surface area contributed by atoms with E-state index in [9.17, 15) is 0 Å². The summed E-state index contributed by atoms with van der Waals surface area (Å²) in [5.41, 5.74) is 3.52. The van der Waals surface area contributed by atoms with Gasteiger partial charge in [0.05, 0.1) is 16.9 Å². The van der Waals surface area contributed by atoms with Crippen molar-refractivity contribution in [2.75, 3.05) is 5.32 Å². The van der Waals surface area contributed by atoms with Gasteiger partial charge >= 0.3 is 0 Å². The van der Waals surface area contributed by atoms with Crippen LogP contribution in [0, 0.1) is 13.8 Å². The first-order chi connectivity index (χ1) is 9.65. The standard InChI is InChI=1S/C15H13ClN4/c1-9-10(2)19-15(14(16)18-9)20-13-7-3-6-12-11(13)5-4-8-17-12/h3-8H,1-2H3,(H,19,20). The van der Waals surface area contributed by atoms with Crippen LogP contribution >= 0.6 is 11.6 Å². The number of fused-ring (bicyclic) bond motifs is 1. The highest BCUT2D eigenvalue weighted by Crippen LogP contribution is 2.27. The summed E-state index contributed by atoms with van der Waals surface area (Å²) in [6.45, 7) is 3.80. The number of benzene rings is 1. The molecular weight excluding hydrogens is 272 g/mol. The van der Waals surface area contributed by atoms with Gasteiger partial charge in [-0.15, -0.1) is 0 Å². The fourth-order valence-corrected chi connectivity index (χ4v) is 2.21. The molecule has 0 aliphatic rings. The Bertz CT molecular complexity index is 781. The molecule has 2 heterocycles. The maximum Gasteiger partial charge on any atom is 0.172 e. The second-order valence-electron chi connectivity index (χ2n) is 4.53. The molecule has 0 unspecified atom stereocenters. The van der Waals surface area contributed by atoms with Crippen molar-refractivity contribution in [3.05, 3.63) is 53.1 Å². The average Bonchev–Trinajstić information content (AvgIpc) is 2.45. The quantitative estimate of drug-likeness (QED) is 0.771. The van der Waals surface area contributed by atoms with E-state index in [1.807, 2.05) is 44.2 Å². The van der Waals surface area contributed by atoms with E-state index in [1.165, 1.54) is 0 Å². The van der Waals surface area contributed by atoms with Gasteiger partial charge in [0.15, 0.2) is 11.0 Å². The van der Waals surface area contributed by atoms with Crippen molar-refractivity contribution < 1.29 is 0 Å². The number of hydrogen-bond donors (Lipinski definition) is 1. The van der Waals surface area contributed by atoms with Gasteiger partial charge in [0.2, 0.25) is 0 Å². The van der Waals surface area contributed by atoms with Crippen LogP contribution in [0.1, 0.15) is 11.4 Å². The van der Waals surface area contributed by atoms with Crippen LogP contribution < -0.4 is 5.32 Å². The molecule has 0 fully saturated rings. The van der Waals surface area contributed by atoms with Crippen LogP contribution in [0.3, 0.4) is 0 Å². The molecular formula is C15H13ClN4. The van der Waals surface area contributed by atoms with Crippen LogP contribution in [-0.4, -0.2) is 15.0 Å². The first kappa shape index (κ1) is 12.8. The zero-order valence-electron chi connectivity index (χ0n) is 11.2. The van der Waals surface area contributed by atoms with Crippen LogP contribution in [0.5, 0.6) is 0 Å². The highest BCUT2D eigenvalue weighted by Gasteiger charge is 2.09. The summed E-state index contributed by atoms with van der Waals surface area (Å²) < 4.78 is 0.